The Balaban J connectivity index is 4.17. The minimum absolute atomic E-state index is 0.192. The van der Waals surface area contributed by atoms with Crippen molar-refractivity contribution in [2.24, 2.45) is 0 Å². The zero-order valence-corrected chi connectivity index (χ0v) is 6.03. The van der Waals surface area contributed by atoms with Gasteiger partial charge in [-0.25, -0.2) is 8.42 Å². The van der Waals surface area contributed by atoms with Crippen LogP contribution in [0.5, 0.6) is 0 Å². The quantitative estimate of drug-likeness (QED) is 0.557. The highest BCUT2D eigenvalue weighted by Gasteiger charge is 2.11. The molecule has 0 saturated heterocycles. The van der Waals surface area contributed by atoms with Crippen molar-refractivity contribution in [2.75, 3.05) is 5.75 Å². The Kier molecular flexibility index (Phi) is 2.47. The molecule has 3 heteroatoms. The maximum Gasteiger partial charge on any atom is 0.152 e. The molecule has 0 bridgehead atoms. The molecule has 0 aromatic rings. The van der Waals surface area contributed by atoms with Crippen LogP contribution in [0.25, 0.3) is 0 Å². The second kappa shape index (κ2) is 2.49. The molecule has 1 radical (unpaired) electrons. The summed E-state index contributed by atoms with van der Waals surface area (Å²) in [5, 5.41) is -0.465. The fraction of sp³-hybridized carbons (Fsp3) is 0.800. The van der Waals surface area contributed by atoms with Gasteiger partial charge >= 0.3 is 0 Å². The summed E-state index contributed by atoms with van der Waals surface area (Å²) < 4.78 is 21.3. The minimum atomic E-state index is -2.85. The van der Waals surface area contributed by atoms with Gasteiger partial charge in [-0.1, -0.05) is 6.92 Å². The highest BCUT2D eigenvalue weighted by Crippen LogP contribution is 1.97. The van der Waals surface area contributed by atoms with Crippen molar-refractivity contribution in [3.63, 3.8) is 0 Å². The van der Waals surface area contributed by atoms with Crippen LogP contribution in [0.15, 0.2) is 0 Å². The molecular formula is C5H11O2S. The predicted molar refractivity (Wildman–Crippen MR) is 34.3 cm³/mol. The average Bonchev–Trinajstić information content (AvgIpc) is 1.67. The maximum atomic E-state index is 10.6. The number of hydrogen-bond donors (Lipinski definition) is 0. The number of sulfone groups is 1. The summed E-state index contributed by atoms with van der Waals surface area (Å²) in [5.41, 5.74) is 0. The van der Waals surface area contributed by atoms with E-state index in [0.29, 0.717) is 0 Å². The number of hydrogen-bond acceptors (Lipinski definition) is 2. The molecule has 8 heavy (non-hydrogen) atoms. The molecule has 49 valence electrons. The molecule has 0 aliphatic rings. The summed E-state index contributed by atoms with van der Waals surface area (Å²) in [5.74, 6) is 0.192. The first-order valence-electron chi connectivity index (χ1n) is 2.55. The molecule has 2 nitrogen and oxygen atoms in total. The van der Waals surface area contributed by atoms with Gasteiger partial charge in [-0.3, -0.25) is 0 Å². The molecule has 0 aromatic carbocycles. The van der Waals surface area contributed by atoms with E-state index >= 15 is 0 Å². The van der Waals surface area contributed by atoms with E-state index in [1.54, 1.807) is 13.8 Å². The van der Waals surface area contributed by atoms with Gasteiger partial charge in [0, 0.05) is 5.75 Å². The molecule has 0 unspecified atom stereocenters. The Morgan fingerprint density at radius 2 is 2.00 bits per heavy atom. The highest BCUT2D eigenvalue weighted by atomic mass is 32.2. The molecule has 0 rings (SSSR count). The van der Waals surface area contributed by atoms with Crippen LogP contribution in [0.3, 0.4) is 0 Å². The van der Waals surface area contributed by atoms with Crippen LogP contribution >= 0.6 is 0 Å². The molecule has 0 aliphatic carbocycles. The lowest BCUT2D eigenvalue weighted by Gasteiger charge is -2.01. The molecule has 0 amide bonds. The molecule has 0 fully saturated rings. The molecule has 0 N–H and O–H groups in total. The molecule has 0 aliphatic heterocycles. The predicted octanol–water partition coefficient (Wildman–Crippen LogP) is 0.644. The maximum absolute atomic E-state index is 10.6. The van der Waals surface area contributed by atoms with Gasteiger partial charge in [0.2, 0.25) is 0 Å². The van der Waals surface area contributed by atoms with Gasteiger partial charge in [0.25, 0.3) is 0 Å². The van der Waals surface area contributed by atoms with E-state index in [4.69, 9.17) is 0 Å². The van der Waals surface area contributed by atoms with Gasteiger partial charge in [-0.2, -0.15) is 0 Å². The number of rotatable bonds is 2. The summed E-state index contributed by atoms with van der Waals surface area (Å²) >= 11 is 0. The van der Waals surface area contributed by atoms with Gasteiger partial charge in [0.05, 0.1) is 5.25 Å². The van der Waals surface area contributed by atoms with Crippen molar-refractivity contribution in [3.05, 3.63) is 6.92 Å². The van der Waals surface area contributed by atoms with Crippen LogP contribution in [0.2, 0.25) is 0 Å². The third kappa shape index (κ3) is 1.82. The molecular weight excluding hydrogens is 124 g/mol. The largest absolute Gasteiger partial charge is 0.229 e. The van der Waals surface area contributed by atoms with E-state index in [0.717, 1.165) is 0 Å². The van der Waals surface area contributed by atoms with Crippen LogP contribution in [-0.2, 0) is 9.84 Å². The lowest BCUT2D eigenvalue weighted by molar-refractivity contribution is 0.592. The summed E-state index contributed by atoms with van der Waals surface area (Å²) in [6, 6.07) is 0. The first kappa shape index (κ1) is 7.95. The Labute approximate surface area is 50.8 Å². The minimum Gasteiger partial charge on any atom is -0.229 e. The van der Waals surface area contributed by atoms with Crippen LogP contribution < -0.4 is 0 Å². The summed E-state index contributed by atoms with van der Waals surface area (Å²) in [4.78, 5) is 0. The fourth-order valence-electron chi connectivity index (χ4n) is 0.285. The van der Waals surface area contributed by atoms with Crippen LogP contribution in [0.4, 0.5) is 0 Å². The van der Waals surface area contributed by atoms with Crippen molar-refractivity contribution < 1.29 is 8.42 Å². The van der Waals surface area contributed by atoms with E-state index in [1.807, 2.05) is 0 Å². The van der Waals surface area contributed by atoms with E-state index < -0.39 is 15.1 Å². The first-order valence-corrected chi connectivity index (χ1v) is 4.27. The fourth-order valence-corrected chi connectivity index (χ4v) is 0.854. The standard InChI is InChI=1S/C5H11O2S/c1-4-8(6,7)5(2)3/h5H,2,4H2,1,3H3/t5-/m0/s1. The molecule has 0 spiro atoms. The van der Waals surface area contributed by atoms with E-state index in [2.05, 4.69) is 6.92 Å². The second-order valence-electron chi connectivity index (χ2n) is 1.76. The molecule has 0 saturated carbocycles. The van der Waals surface area contributed by atoms with E-state index in [1.165, 1.54) is 0 Å². The Morgan fingerprint density at radius 3 is 2.00 bits per heavy atom. The third-order valence-corrected chi connectivity index (χ3v) is 3.05. The van der Waals surface area contributed by atoms with Crippen LogP contribution in [-0.4, -0.2) is 19.4 Å². The Hall–Kier alpha value is -0.0500. The first-order chi connectivity index (χ1) is 3.50. The van der Waals surface area contributed by atoms with Crippen molar-refractivity contribution in [2.45, 2.75) is 19.1 Å². The molecule has 1 atom stereocenters. The average molecular weight is 135 g/mol. The smallest absolute Gasteiger partial charge is 0.152 e. The monoisotopic (exact) mass is 135 g/mol. The van der Waals surface area contributed by atoms with E-state index in [-0.39, 0.29) is 5.75 Å². The zero-order chi connectivity index (χ0) is 6.78. The van der Waals surface area contributed by atoms with Gasteiger partial charge < -0.3 is 0 Å². The van der Waals surface area contributed by atoms with Gasteiger partial charge in [-0.05, 0) is 13.8 Å². The van der Waals surface area contributed by atoms with Crippen molar-refractivity contribution in [3.8, 4) is 0 Å². The normalized spacial score (nSPS) is 12.5. The Bertz CT molecular complexity index is 144. The summed E-state index contributed by atoms with van der Waals surface area (Å²) in [6.45, 7) is 6.60. The lowest BCUT2D eigenvalue weighted by Crippen LogP contribution is -2.15. The summed E-state index contributed by atoms with van der Waals surface area (Å²) in [7, 11) is -2.85. The third-order valence-electron chi connectivity index (χ3n) is 1.02. The van der Waals surface area contributed by atoms with Gasteiger partial charge in [-0.15, -0.1) is 0 Å². The lowest BCUT2D eigenvalue weighted by atomic mass is 10.6. The highest BCUT2D eigenvalue weighted by molar-refractivity contribution is 7.92. The Morgan fingerprint density at radius 1 is 1.62 bits per heavy atom. The SMILES string of the molecule is [CH2][C@@H](C)S(=O)(=O)CC. The van der Waals surface area contributed by atoms with Crippen LogP contribution in [0, 0.1) is 6.92 Å². The molecule has 0 aromatic heterocycles. The van der Waals surface area contributed by atoms with Crippen molar-refractivity contribution >= 4 is 9.84 Å². The van der Waals surface area contributed by atoms with Crippen molar-refractivity contribution in [1.82, 2.24) is 0 Å². The zero-order valence-electron chi connectivity index (χ0n) is 5.22. The van der Waals surface area contributed by atoms with Gasteiger partial charge in [0.1, 0.15) is 0 Å². The van der Waals surface area contributed by atoms with Gasteiger partial charge in [0.15, 0.2) is 9.84 Å². The van der Waals surface area contributed by atoms with Crippen molar-refractivity contribution in [1.29, 1.82) is 0 Å². The molecule has 0 heterocycles. The second-order valence-corrected chi connectivity index (χ2v) is 4.47. The van der Waals surface area contributed by atoms with E-state index in [9.17, 15) is 8.42 Å². The van der Waals surface area contributed by atoms with Crippen LogP contribution in [0.1, 0.15) is 13.8 Å². The summed E-state index contributed by atoms with van der Waals surface area (Å²) in [6.07, 6.45) is 0. The topological polar surface area (TPSA) is 34.1 Å².